The minimum atomic E-state index is -6.12. The van der Waals surface area contributed by atoms with Crippen molar-refractivity contribution in [1.29, 1.82) is 10.5 Å². The van der Waals surface area contributed by atoms with Gasteiger partial charge in [0.25, 0.3) is 0 Å². The van der Waals surface area contributed by atoms with Crippen LogP contribution in [0.2, 0.25) is 0 Å². The van der Waals surface area contributed by atoms with Crippen molar-refractivity contribution < 1.29 is 39.5 Å². The van der Waals surface area contributed by atoms with Crippen LogP contribution in [0.1, 0.15) is 27.8 Å². The van der Waals surface area contributed by atoms with Crippen molar-refractivity contribution in [3.63, 3.8) is 0 Å². The van der Waals surface area contributed by atoms with E-state index >= 15 is 0 Å². The van der Waals surface area contributed by atoms with Crippen LogP contribution in [0.25, 0.3) is 0 Å². The fourth-order valence-corrected chi connectivity index (χ4v) is 1.86. The average Bonchev–Trinajstić information content (AvgIpc) is 2.32. The summed E-state index contributed by atoms with van der Waals surface area (Å²) in [6, 6.07) is 1.47. The van der Waals surface area contributed by atoms with Crippen molar-refractivity contribution in [3.05, 3.63) is 27.8 Å². The van der Waals surface area contributed by atoms with Crippen LogP contribution in [0.15, 0.2) is 0 Å². The summed E-state index contributed by atoms with van der Waals surface area (Å²) in [7, 11) is 0. The number of nitrogen functional groups attached to an aromatic ring is 1. The molecule has 0 aromatic heterocycles. The normalized spacial score (nSPS) is 12.7. The van der Waals surface area contributed by atoms with E-state index in [4.69, 9.17) is 16.3 Å². The van der Waals surface area contributed by atoms with Gasteiger partial charge in [-0.15, -0.1) is 0 Å². The van der Waals surface area contributed by atoms with Gasteiger partial charge < -0.3 is 5.73 Å². The fourth-order valence-electron chi connectivity index (χ4n) is 1.86. The SMILES string of the molecule is N#Cc1c(N)c(C(F)(F)F)c(C(F)(F)F)c(C(F)(F)F)c1C#N. The average molecular weight is 347 g/mol. The van der Waals surface area contributed by atoms with Crippen LogP contribution >= 0.6 is 0 Å². The fraction of sp³-hybridized carbons (Fsp3) is 0.273. The molecule has 0 aliphatic carbocycles. The lowest BCUT2D eigenvalue weighted by molar-refractivity contribution is -0.174. The highest BCUT2D eigenvalue weighted by Gasteiger charge is 2.53. The molecule has 0 aliphatic rings. The Morgan fingerprint density at radius 3 is 1.22 bits per heavy atom. The number of halogens is 9. The number of hydrogen-bond acceptors (Lipinski definition) is 3. The summed E-state index contributed by atoms with van der Waals surface area (Å²) in [4.78, 5) is 0. The highest BCUT2D eigenvalue weighted by Crippen LogP contribution is 2.51. The number of anilines is 1. The van der Waals surface area contributed by atoms with Gasteiger partial charge in [-0.05, 0) is 0 Å². The molecule has 3 nitrogen and oxygen atoms in total. The van der Waals surface area contributed by atoms with Gasteiger partial charge in [0.05, 0.1) is 33.5 Å². The van der Waals surface area contributed by atoms with E-state index in [1.807, 2.05) is 0 Å². The molecule has 0 bridgehead atoms. The third kappa shape index (κ3) is 3.11. The monoisotopic (exact) mass is 347 g/mol. The summed E-state index contributed by atoms with van der Waals surface area (Å²) in [6.07, 6.45) is -18.0. The van der Waals surface area contributed by atoms with Gasteiger partial charge in [0, 0.05) is 0 Å². The molecule has 0 saturated heterocycles. The van der Waals surface area contributed by atoms with Crippen molar-refractivity contribution in [2.24, 2.45) is 0 Å². The lowest BCUT2D eigenvalue weighted by Crippen LogP contribution is -2.27. The molecule has 2 N–H and O–H groups in total. The van der Waals surface area contributed by atoms with Crippen LogP contribution in [0.5, 0.6) is 0 Å². The molecule has 0 fully saturated rings. The van der Waals surface area contributed by atoms with E-state index in [0.717, 1.165) is 6.07 Å². The van der Waals surface area contributed by atoms with E-state index in [1.54, 1.807) is 0 Å². The molecule has 0 unspecified atom stereocenters. The Morgan fingerprint density at radius 1 is 0.609 bits per heavy atom. The van der Waals surface area contributed by atoms with Crippen molar-refractivity contribution >= 4 is 5.69 Å². The second-order valence-electron chi connectivity index (χ2n) is 4.01. The van der Waals surface area contributed by atoms with E-state index < -0.39 is 52.0 Å². The van der Waals surface area contributed by atoms with Crippen molar-refractivity contribution in [3.8, 4) is 12.1 Å². The molecule has 0 amide bonds. The maximum absolute atomic E-state index is 12.9. The molecule has 1 aromatic rings. The molecule has 12 heteroatoms. The first-order valence-electron chi connectivity index (χ1n) is 5.19. The molecule has 0 aliphatic heterocycles. The van der Waals surface area contributed by atoms with E-state index in [0.29, 0.717) is 6.07 Å². The number of benzene rings is 1. The summed E-state index contributed by atoms with van der Waals surface area (Å²) in [5.74, 6) is 0. The molecule has 1 aromatic carbocycles. The minimum Gasteiger partial charge on any atom is -0.397 e. The molecule has 124 valence electrons. The molecular formula is C11H2F9N3. The standard InChI is InChI=1S/C11H2F9N3/c12-9(13,14)5-3(1-21)4(2-22)8(23)7(11(18,19)20)6(5)10(15,16)17/h23H2. The van der Waals surface area contributed by atoms with Crippen LogP contribution in [0.3, 0.4) is 0 Å². The number of hydrogen-bond donors (Lipinski definition) is 1. The maximum Gasteiger partial charge on any atom is 0.419 e. The summed E-state index contributed by atoms with van der Waals surface area (Å²) in [5, 5.41) is 17.2. The zero-order chi connectivity index (χ0) is 18.4. The van der Waals surface area contributed by atoms with E-state index in [9.17, 15) is 39.5 Å². The Hall–Kier alpha value is -2.63. The van der Waals surface area contributed by atoms with Gasteiger partial charge in [-0.1, -0.05) is 0 Å². The first kappa shape index (κ1) is 18.4. The molecule has 0 spiro atoms. The van der Waals surface area contributed by atoms with Crippen molar-refractivity contribution in [2.75, 3.05) is 5.73 Å². The predicted octanol–water partition coefficient (Wildman–Crippen LogP) is 4.07. The topological polar surface area (TPSA) is 73.6 Å². The Morgan fingerprint density at radius 2 is 0.957 bits per heavy atom. The smallest absolute Gasteiger partial charge is 0.397 e. The Balaban J connectivity index is 4.35. The van der Waals surface area contributed by atoms with Gasteiger partial charge in [0.1, 0.15) is 12.1 Å². The maximum atomic E-state index is 12.9. The van der Waals surface area contributed by atoms with E-state index in [1.165, 1.54) is 0 Å². The lowest BCUT2D eigenvalue weighted by atomic mass is 9.89. The number of nitriles is 2. The Kier molecular flexibility index (Phi) is 4.18. The zero-order valence-electron chi connectivity index (χ0n) is 10.4. The number of alkyl halides is 9. The third-order valence-electron chi connectivity index (χ3n) is 2.61. The second kappa shape index (κ2) is 5.22. The van der Waals surface area contributed by atoms with Crippen LogP contribution < -0.4 is 5.73 Å². The van der Waals surface area contributed by atoms with E-state index in [-0.39, 0.29) is 0 Å². The summed E-state index contributed by atoms with van der Waals surface area (Å²) >= 11 is 0. The van der Waals surface area contributed by atoms with Gasteiger partial charge in [-0.2, -0.15) is 50.0 Å². The highest BCUT2D eigenvalue weighted by molar-refractivity contribution is 5.72. The quantitative estimate of drug-likeness (QED) is 0.568. The summed E-state index contributed by atoms with van der Waals surface area (Å²) in [6.45, 7) is 0. The van der Waals surface area contributed by atoms with E-state index in [2.05, 4.69) is 0 Å². The van der Waals surface area contributed by atoms with Gasteiger partial charge in [0.2, 0.25) is 0 Å². The molecule has 0 saturated carbocycles. The zero-order valence-corrected chi connectivity index (χ0v) is 10.4. The van der Waals surface area contributed by atoms with Gasteiger partial charge >= 0.3 is 18.5 Å². The second-order valence-corrected chi connectivity index (χ2v) is 4.01. The molecule has 23 heavy (non-hydrogen) atoms. The first-order valence-corrected chi connectivity index (χ1v) is 5.19. The summed E-state index contributed by atoms with van der Waals surface area (Å²) < 4.78 is 116. The highest BCUT2D eigenvalue weighted by atomic mass is 19.4. The van der Waals surface area contributed by atoms with Gasteiger partial charge in [0.15, 0.2) is 0 Å². The largest absolute Gasteiger partial charge is 0.419 e. The number of rotatable bonds is 0. The van der Waals surface area contributed by atoms with Crippen LogP contribution in [0.4, 0.5) is 45.2 Å². The van der Waals surface area contributed by atoms with Crippen LogP contribution in [-0.2, 0) is 18.5 Å². The van der Waals surface area contributed by atoms with Crippen LogP contribution in [-0.4, -0.2) is 0 Å². The van der Waals surface area contributed by atoms with Gasteiger partial charge in [-0.3, -0.25) is 0 Å². The molecule has 0 atom stereocenters. The summed E-state index contributed by atoms with van der Waals surface area (Å²) in [5.41, 5.74) is -9.53. The molecular weight excluding hydrogens is 345 g/mol. The third-order valence-corrected chi connectivity index (χ3v) is 2.61. The minimum absolute atomic E-state index is 0.664. The van der Waals surface area contributed by atoms with Crippen LogP contribution in [0, 0.1) is 22.7 Å². The Labute approximate surface area is 121 Å². The van der Waals surface area contributed by atoms with Crippen molar-refractivity contribution in [2.45, 2.75) is 18.5 Å². The molecule has 0 heterocycles. The Bertz CT molecular complexity index is 726. The molecule has 0 radical (unpaired) electrons. The first-order chi connectivity index (χ1) is 10.2. The molecule has 1 rings (SSSR count). The van der Waals surface area contributed by atoms with Gasteiger partial charge in [-0.25, -0.2) is 0 Å². The number of nitrogens with zero attached hydrogens (tertiary/aromatic N) is 2. The number of nitrogens with two attached hydrogens (primary N) is 1. The predicted molar refractivity (Wildman–Crippen MR) is 55.3 cm³/mol. The van der Waals surface area contributed by atoms with Crippen molar-refractivity contribution in [1.82, 2.24) is 0 Å². The lowest BCUT2D eigenvalue weighted by Gasteiger charge is -2.24.